The third-order valence-corrected chi connectivity index (χ3v) is 6.17. The summed E-state index contributed by atoms with van der Waals surface area (Å²) in [5.74, 6) is 0.884. The molecule has 0 heterocycles. The first-order valence-corrected chi connectivity index (χ1v) is 8.54. The summed E-state index contributed by atoms with van der Waals surface area (Å²) in [6, 6.07) is 8.82. The van der Waals surface area contributed by atoms with Crippen LogP contribution in [-0.4, -0.2) is 11.3 Å². The third kappa shape index (κ3) is 3.75. The number of benzene rings is 1. The highest BCUT2D eigenvalue weighted by molar-refractivity contribution is 9.10. The van der Waals surface area contributed by atoms with Gasteiger partial charge in [-0.3, -0.25) is 0 Å². The molecule has 0 amide bonds. The predicted molar refractivity (Wildman–Crippen MR) is 84.0 cm³/mol. The van der Waals surface area contributed by atoms with E-state index in [1.807, 2.05) is 11.8 Å². The zero-order valence-electron chi connectivity index (χ0n) is 10.9. The Morgan fingerprint density at radius 1 is 1.33 bits per heavy atom. The van der Waals surface area contributed by atoms with E-state index in [0.717, 1.165) is 5.92 Å². The van der Waals surface area contributed by atoms with Gasteiger partial charge in [-0.2, -0.15) is 0 Å². The Kier molecular flexibility index (Phi) is 5.58. The molecule has 2 N–H and O–H groups in total. The maximum absolute atomic E-state index is 6.30. The molecule has 0 spiro atoms. The summed E-state index contributed by atoms with van der Waals surface area (Å²) in [5.41, 5.74) is 6.30. The van der Waals surface area contributed by atoms with E-state index in [9.17, 15) is 0 Å². The van der Waals surface area contributed by atoms with Crippen molar-refractivity contribution in [1.82, 2.24) is 0 Å². The van der Waals surface area contributed by atoms with Crippen molar-refractivity contribution in [2.24, 2.45) is 11.7 Å². The smallest absolute Gasteiger partial charge is 0.0311 e. The number of nitrogens with two attached hydrogens (primary N) is 1. The Morgan fingerprint density at radius 2 is 2.11 bits per heavy atom. The van der Waals surface area contributed by atoms with E-state index >= 15 is 0 Å². The van der Waals surface area contributed by atoms with Crippen molar-refractivity contribution < 1.29 is 0 Å². The largest absolute Gasteiger partial charge is 0.327 e. The zero-order chi connectivity index (χ0) is 13.0. The molecule has 100 valence electrons. The Bertz CT molecular complexity index is 383. The maximum atomic E-state index is 6.30. The number of hydrogen-bond acceptors (Lipinski definition) is 2. The van der Waals surface area contributed by atoms with Gasteiger partial charge in [-0.05, 0) is 53.2 Å². The first kappa shape index (κ1) is 14.4. The molecule has 1 aliphatic carbocycles. The first-order chi connectivity index (χ1) is 8.70. The van der Waals surface area contributed by atoms with Gasteiger partial charge in [0.1, 0.15) is 0 Å². The lowest BCUT2D eigenvalue weighted by Crippen LogP contribution is -2.38. The second-order valence-corrected chi connectivity index (χ2v) is 7.35. The molecule has 1 aromatic rings. The number of rotatable bonds is 4. The Morgan fingerprint density at radius 3 is 2.83 bits per heavy atom. The fourth-order valence-corrected chi connectivity index (χ4v) is 4.65. The summed E-state index contributed by atoms with van der Waals surface area (Å²) >= 11 is 5.58. The van der Waals surface area contributed by atoms with E-state index in [0.29, 0.717) is 11.3 Å². The molecule has 0 bridgehead atoms. The van der Waals surface area contributed by atoms with Crippen molar-refractivity contribution in [3.8, 4) is 0 Å². The maximum Gasteiger partial charge on any atom is 0.0311 e. The highest BCUT2D eigenvalue weighted by Crippen LogP contribution is 2.39. The average Bonchev–Trinajstić information content (AvgIpc) is 2.36. The third-order valence-electron chi connectivity index (χ3n) is 3.76. The van der Waals surface area contributed by atoms with E-state index in [4.69, 9.17) is 5.73 Å². The van der Waals surface area contributed by atoms with Crippen LogP contribution in [0.15, 0.2) is 33.6 Å². The molecule has 2 rings (SSSR count). The topological polar surface area (TPSA) is 26.0 Å². The van der Waals surface area contributed by atoms with Gasteiger partial charge in [0.15, 0.2) is 0 Å². The van der Waals surface area contributed by atoms with Crippen LogP contribution in [0.4, 0.5) is 0 Å². The molecule has 1 saturated carbocycles. The van der Waals surface area contributed by atoms with Crippen LogP contribution in [0.5, 0.6) is 0 Å². The Labute approximate surface area is 123 Å². The van der Waals surface area contributed by atoms with Crippen LogP contribution < -0.4 is 5.73 Å². The average molecular weight is 328 g/mol. The molecule has 3 atom stereocenters. The molecule has 0 aliphatic heterocycles. The van der Waals surface area contributed by atoms with Crippen molar-refractivity contribution in [2.45, 2.75) is 55.2 Å². The van der Waals surface area contributed by atoms with Crippen molar-refractivity contribution in [3.05, 3.63) is 28.7 Å². The van der Waals surface area contributed by atoms with E-state index in [1.54, 1.807) is 0 Å². The quantitative estimate of drug-likeness (QED) is 0.856. The van der Waals surface area contributed by atoms with Crippen LogP contribution >= 0.6 is 27.7 Å². The van der Waals surface area contributed by atoms with Crippen LogP contribution in [0.1, 0.15) is 39.0 Å². The minimum absolute atomic E-state index is 0.357. The summed E-state index contributed by atoms with van der Waals surface area (Å²) in [6.07, 6.45) is 6.45. The summed E-state index contributed by atoms with van der Waals surface area (Å²) in [5, 5.41) is 0.578. The predicted octanol–water partition coefficient (Wildman–Crippen LogP) is 4.84. The van der Waals surface area contributed by atoms with Gasteiger partial charge in [-0.15, -0.1) is 11.8 Å². The number of halogens is 1. The second-order valence-electron chi connectivity index (χ2n) is 5.22. The van der Waals surface area contributed by atoms with Crippen LogP contribution in [0, 0.1) is 5.92 Å². The van der Waals surface area contributed by atoms with E-state index < -0.39 is 0 Å². The van der Waals surface area contributed by atoms with Gasteiger partial charge in [0.2, 0.25) is 0 Å². The van der Waals surface area contributed by atoms with Crippen molar-refractivity contribution in [1.29, 1.82) is 0 Å². The van der Waals surface area contributed by atoms with Crippen LogP contribution in [0.3, 0.4) is 0 Å². The number of hydrogen-bond donors (Lipinski definition) is 1. The fraction of sp³-hybridized carbons (Fsp3) is 0.600. The second kappa shape index (κ2) is 6.97. The molecule has 1 aliphatic rings. The first-order valence-electron chi connectivity index (χ1n) is 6.87. The van der Waals surface area contributed by atoms with Crippen molar-refractivity contribution in [2.75, 3.05) is 0 Å². The van der Waals surface area contributed by atoms with Gasteiger partial charge in [0.05, 0.1) is 0 Å². The van der Waals surface area contributed by atoms with Gasteiger partial charge in [-0.1, -0.05) is 31.9 Å². The molecule has 1 aromatic carbocycles. The van der Waals surface area contributed by atoms with Crippen molar-refractivity contribution >= 4 is 27.7 Å². The lowest BCUT2D eigenvalue weighted by molar-refractivity contribution is 0.317. The van der Waals surface area contributed by atoms with Crippen LogP contribution in [-0.2, 0) is 0 Å². The normalized spacial score (nSPS) is 28.3. The SMILES string of the molecule is CCCC1CCC(N)C(Sc2ccccc2Br)C1. The minimum Gasteiger partial charge on any atom is -0.327 e. The molecule has 18 heavy (non-hydrogen) atoms. The molecule has 0 radical (unpaired) electrons. The highest BCUT2D eigenvalue weighted by atomic mass is 79.9. The molecular weight excluding hydrogens is 306 g/mol. The molecule has 1 fully saturated rings. The molecule has 1 nitrogen and oxygen atoms in total. The fourth-order valence-electron chi connectivity index (χ4n) is 2.74. The Balaban J connectivity index is 2.00. The summed E-state index contributed by atoms with van der Waals surface area (Å²) in [4.78, 5) is 1.33. The van der Waals surface area contributed by atoms with E-state index in [-0.39, 0.29) is 0 Å². The minimum atomic E-state index is 0.357. The molecule has 0 aromatic heterocycles. The van der Waals surface area contributed by atoms with E-state index in [1.165, 1.54) is 41.5 Å². The van der Waals surface area contributed by atoms with Gasteiger partial charge in [0, 0.05) is 20.7 Å². The highest BCUT2D eigenvalue weighted by Gasteiger charge is 2.28. The van der Waals surface area contributed by atoms with Gasteiger partial charge in [0.25, 0.3) is 0 Å². The van der Waals surface area contributed by atoms with Crippen LogP contribution in [0.25, 0.3) is 0 Å². The Hall–Kier alpha value is 0.01000. The lowest BCUT2D eigenvalue weighted by atomic mass is 9.83. The van der Waals surface area contributed by atoms with Gasteiger partial charge < -0.3 is 5.73 Å². The van der Waals surface area contributed by atoms with Crippen molar-refractivity contribution in [3.63, 3.8) is 0 Å². The molecule has 3 heteroatoms. The summed E-state index contributed by atoms with van der Waals surface area (Å²) in [7, 11) is 0. The standard InChI is InChI=1S/C15H22BrNS/c1-2-5-11-8-9-13(17)15(10-11)18-14-7-4-3-6-12(14)16/h3-4,6-7,11,13,15H,2,5,8-10,17H2,1H3. The zero-order valence-corrected chi connectivity index (χ0v) is 13.3. The summed E-state index contributed by atoms with van der Waals surface area (Å²) in [6.45, 7) is 2.28. The van der Waals surface area contributed by atoms with Crippen LogP contribution in [0.2, 0.25) is 0 Å². The monoisotopic (exact) mass is 327 g/mol. The van der Waals surface area contributed by atoms with E-state index in [2.05, 4.69) is 47.1 Å². The molecule has 0 saturated heterocycles. The number of thioether (sulfide) groups is 1. The summed E-state index contributed by atoms with van der Waals surface area (Å²) < 4.78 is 1.19. The molecule has 3 unspecified atom stereocenters. The van der Waals surface area contributed by atoms with Gasteiger partial charge in [-0.25, -0.2) is 0 Å². The van der Waals surface area contributed by atoms with Gasteiger partial charge >= 0.3 is 0 Å². The lowest BCUT2D eigenvalue weighted by Gasteiger charge is -2.33. The molecular formula is C15H22BrNS.